The zero-order valence-corrected chi connectivity index (χ0v) is 12.7. The molecule has 5 nitrogen and oxygen atoms in total. The lowest BCUT2D eigenvalue weighted by Crippen LogP contribution is -2.07. The summed E-state index contributed by atoms with van der Waals surface area (Å²) < 4.78 is 7.48. The number of nitrogens with zero attached hydrogens (tertiary/aromatic N) is 3. The van der Waals surface area contributed by atoms with Crippen LogP contribution < -0.4 is 10.1 Å². The van der Waals surface area contributed by atoms with Crippen molar-refractivity contribution in [2.75, 3.05) is 7.05 Å². The van der Waals surface area contributed by atoms with E-state index in [-0.39, 0.29) is 0 Å². The van der Waals surface area contributed by atoms with Crippen LogP contribution in [0.3, 0.4) is 0 Å². The summed E-state index contributed by atoms with van der Waals surface area (Å²) in [6, 6.07) is 3.85. The number of pyridine rings is 1. The molecule has 1 N–H and O–H groups in total. The fourth-order valence-electron chi connectivity index (χ4n) is 1.91. The van der Waals surface area contributed by atoms with E-state index in [1.807, 2.05) is 33.2 Å². The van der Waals surface area contributed by atoms with Gasteiger partial charge < -0.3 is 10.1 Å². The van der Waals surface area contributed by atoms with Gasteiger partial charge >= 0.3 is 0 Å². The predicted octanol–water partition coefficient (Wildman–Crippen LogP) is 2.33. The Morgan fingerprint density at radius 3 is 2.75 bits per heavy atom. The van der Waals surface area contributed by atoms with Crippen LogP contribution in [0, 0.1) is 0 Å². The summed E-state index contributed by atoms with van der Waals surface area (Å²) in [6.45, 7) is 3.16. The molecule has 0 fully saturated rings. The van der Waals surface area contributed by atoms with Gasteiger partial charge in [0.15, 0.2) is 0 Å². The number of aryl methyl sites for hydroxylation is 2. The normalized spacial score (nSPS) is 10.8. The van der Waals surface area contributed by atoms with Crippen molar-refractivity contribution in [3.05, 3.63) is 40.4 Å². The predicted molar refractivity (Wildman–Crippen MR) is 78.9 cm³/mol. The van der Waals surface area contributed by atoms with Gasteiger partial charge in [0, 0.05) is 13.6 Å². The Balaban J connectivity index is 2.03. The van der Waals surface area contributed by atoms with Gasteiger partial charge in [0.25, 0.3) is 0 Å². The summed E-state index contributed by atoms with van der Waals surface area (Å²) in [4.78, 5) is 4.30. The van der Waals surface area contributed by atoms with Crippen molar-refractivity contribution >= 4 is 11.6 Å². The first-order chi connectivity index (χ1) is 9.65. The van der Waals surface area contributed by atoms with E-state index in [9.17, 15) is 0 Å². The number of nitrogens with one attached hydrogen (secondary N) is 1. The van der Waals surface area contributed by atoms with Crippen LogP contribution in [-0.2, 0) is 26.6 Å². The van der Waals surface area contributed by atoms with E-state index in [0.29, 0.717) is 11.6 Å². The summed E-state index contributed by atoms with van der Waals surface area (Å²) >= 11 is 6.28. The van der Waals surface area contributed by atoms with Crippen LogP contribution in [0.4, 0.5) is 0 Å². The highest BCUT2D eigenvalue weighted by molar-refractivity contribution is 6.31. The third kappa shape index (κ3) is 3.29. The Bertz CT molecular complexity index is 565. The molecule has 108 valence electrons. The van der Waals surface area contributed by atoms with Gasteiger partial charge in [-0.3, -0.25) is 9.67 Å². The van der Waals surface area contributed by atoms with E-state index in [2.05, 4.69) is 15.4 Å². The molecule has 0 bridgehead atoms. The Hall–Kier alpha value is -1.59. The fraction of sp³-hybridized carbons (Fsp3) is 0.429. The van der Waals surface area contributed by atoms with Crippen LogP contribution >= 0.6 is 11.6 Å². The van der Waals surface area contributed by atoms with E-state index in [1.54, 1.807) is 10.9 Å². The number of rotatable bonds is 6. The first-order valence-electron chi connectivity index (χ1n) is 6.58. The molecule has 0 aliphatic carbocycles. The molecule has 0 amide bonds. The highest BCUT2D eigenvalue weighted by Crippen LogP contribution is 2.22. The Morgan fingerprint density at radius 2 is 2.20 bits per heavy atom. The van der Waals surface area contributed by atoms with E-state index in [0.717, 1.165) is 35.8 Å². The van der Waals surface area contributed by atoms with Gasteiger partial charge in [-0.25, -0.2) is 0 Å². The number of aromatic nitrogens is 3. The average molecular weight is 295 g/mol. The van der Waals surface area contributed by atoms with Gasteiger partial charge in [0.05, 0.1) is 28.3 Å². The van der Waals surface area contributed by atoms with Crippen molar-refractivity contribution in [2.24, 2.45) is 7.05 Å². The molecule has 0 saturated heterocycles. The highest BCUT2D eigenvalue weighted by atomic mass is 35.5. The van der Waals surface area contributed by atoms with Crippen LogP contribution in [0.15, 0.2) is 18.3 Å². The van der Waals surface area contributed by atoms with Crippen LogP contribution in [0.25, 0.3) is 0 Å². The molecule has 2 rings (SSSR count). The van der Waals surface area contributed by atoms with Gasteiger partial charge in [0.1, 0.15) is 12.4 Å². The number of halogens is 1. The van der Waals surface area contributed by atoms with Crippen LogP contribution in [0.1, 0.15) is 24.0 Å². The fourth-order valence-corrected chi connectivity index (χ4v) is 2.26. The maximum absolute atomic E-state index is 6.28. The van der Waals surface area contributed by atoms with Crippen molar-refractivity contribution in [1.29, 1.82) is 0 Å². The zero-order valence-electron chi connectivity index (χ0n) is 12.0. The Labute approximate surface area is 123 Å². The second-order valence-corrected chi connectivity index (χ2v) is 4.87. The Kier molecular flexibility index (Phi) is 4.98. The SMILES string of the molecule is CCc1nn(C)c(COc2ccc(CNC)nc2)c1Cl. The summed E-state index contributed by atoms with van der Waals surface area (Å²) in [5.41, 5.74) is 2.75. The summed E-state index contributed by atoms with van der Waals surface area (Å²) in [5.74, 6) is 0.722. The van der Waals surface area contributed by atoms with Gasteiger partial charge in [-0.15, -0.1) is 0 Å². The third-order valence-corrected chi connectivity index (χ3v) is 3.47. The molecule has 0 unspecified atom stereocenters. The van der Waals surface area contributed by atoms with Crippen molar-refractivity contribution in [2.45, 2.75) is 26.5 Å². The van der Waals surface area contributed by atoms with Gasteiger partial charge in [-0.2, -0.15) is 5.10 Å². The van der Waals surface area contributed by atoms with Crippen LogP contribution in [0.5, 0.6) is 5.75 Å². The molecule has 2 aromatic heterocycles. The van der Waals surface area contributed by atoms with Crippen molar-refractivity contribution in [1.82, 2.24) is 20.1 Å². The topological polar surface area (TPSA) is 52.0 Å². The number of ether oxygens (including phenoxy) is 1. The number of hydrogen-bond donors (Lipinski definition) is 1. The van der Waals surface area contributed by atoms with Crippen molar-refractivity contribution < 1.29 is 4.74 Å². The molecule has 0 aromatic carbocycles. The van der Waals surface area contributed by atoms with E-state index in [4.69, 9.17) is 16.3 Å². The molecule has 0 saturated carbocycles. The second kappa shape index (κ2) is 6.72. The molecule has 2 aromatic rings. The zero-order chi connectivity index (χ0) is 14.5. The molecule has 0 aliphatic heterocycles. The summed E-state index contributed by atoms with van der Waals surface area (Å²) in [7, 11) is 3.76. The van der Waals surface area contributed by atoms with E-state index >= 15 is 0 Å². The van der Waals surface area contributed by atoms with Crippen LogP contribution in [-0.4, -0.2) is 21.8 Å². The molecule has 2 heterocycles. The molecular weight excluding hydrogens is 276 g/mol. The highest BCUT2D eigenvalue weighted by Gasteiger charge is 2.13. The maximum Gasteiger partial charge on any atom is 0.138 e. The van der Waals surface area contributed by atoms with Gasteiger partial charge in [-0.05, 0) is 25.6 Å². The van der Waals surface area contributed by atoms with Crippen LogP contribution in [0.2, 0.25) is 5.02 Å². The van der Waals surface area contributed by atoms with E-state index < -0.39 is 0 Å². The number of hydrogen-bond acceptors (Lipinski definition) is 4. The van der Waals surface area contributed by atoms with Gasteiger partial charge in [-0.1, -0.05) is 18.5 Å². The standard InChI is InChI=1S/C14H19ClN4O/c1-4-12-14(15)13(19(3)18-12)9-20-11-6-5-10(7-16-2)17-8-11/h5-6,8,16H,4,7,9H2,1-3H3. The molecule has 6 heteroatoms. The summed E-state index contributed by atoms with van der Waals surface area (Å²) in [6.07, 6.45) is 2.53. The lowest BCUT2D eigenvalue weighted by atomic mass is 10.3. The lowest BCUT2D eigenvalue weighted by molar-refractivity contribution is 0.293. The molecule has 0 aliphatic rings. The minimum absolute atomic E-state index is 0.384. The van der Waals surface area contributed by atoms with E-state index in [1.165, 1.54) is 0 Å². The summed E-state index contributed by atoms with van der Waals surface area (Å²) in [5, 5.41) is 8.10. The first kappa shape index (κ1) is 14.8. The average Bonchev–Trinajstić information content (AvgIpc) is 2.73. The third-order valence-electron chi connectivity index (χ3n) is 3.03. The lowest BCUT2D eigenvalue weighted by Gasteiger charge is -2.07. The van der Waals surface area contributed by atoms with Crippen molar-refractivity contribution in [3.63, 3.8) is 0 Å². The smallest absolute Gasteiger partial charge is 0.138 e. The molecule has 0 atom stereocenters. The Morgan fingerprint density at radius 1 is 1.40 bits per heavy atom. The molecule has 20 heavy (non-hydrogen) atoms. The first-order valence-corrected chi connectivity index (χ1v) is 6.96. The minimum atomic E-state index is 0.384. The largest absolute Gasteiger partial charge is 0.486 e. The minimum Gasteiger partial charge on any atom is -0.486 e. The molecule has 0 radical (unpaired) electrons. The maximum atomic E-state index is 6.28. The van der Waals surface area contributed by atoms with Crippen molar-refractivity contribution in [3.8, 4) is 5.75 Å². The van der Waals surface area contributed by atoms with Gasteiger partial charge in [0.2, 0.25) is 0 Å². The monoisotopic (exact) mass is 294 g/mol. The molecule has 0 spiro atoms. The second-order valence-electron chi connectivity index (χ2n) is 4.49. The quantitative estimate of drug-likeness (QED) is 0.888. The molecular formula is C14H19ClN4O.